The molecule has 1 fully saturated rings. The third-order valence-electron chi connectivity index (χ3n) is 5.89. The molecule has 0 spiro atoms. The molecule has 1 aromatic heterocycles. The molecule has 32 heavy (non-hydrogen) atoms. The molecule has 2 aromatic carbocycles. The fourth-order valence-electron chi connectivity index (χ4n) is 4.19. The minimum absolute atomic E-state index is 0.0379. The maximum atomic E-state index is 13.2. The Balaban J connectivity index is 1.65. The number of benzene rings is 2. The standard InChI is InChI=1S/C24H26FN3O4/c1-31-21-12-15-11-16(23(29)27-20(15)13-22(21)32-2)14-28(19-5-3-4-6-19)24(30)26-18-9-7-17(25)8-10-18/h7-13,19H,3-6,14H2,1-2H3,(H,26,30)(H,27,29). The fraction of sp³-hybridized carbons (Fsp3) is 0.333. The summed E-state index contributed by atoms with van der Waals surface area (Å²) in [4.78, 5) is 30.5. The van der Waals surface area contributed by atoms with Crippen LogP contribution in [-0.4, -0.2) is 36.2 Å². The zero-order chi connectivity index (χ0) is 22.7. The molecule has 0 aliphatic heterocycles. The van der Waals surface area contributed by atoms with Crippen molar-refractivity contribution >= 4 is 22.6 Å². The van der Waals surface area contributed by atoms with E-state index in [1.54, 1.807) is 30.2 Å². The quantitative estimate of drug-likeness (QED) is 0.585. The lowest BCUT2D eigenvalue weighted by Gasteiger charge is -2.29. The van der Waals surface area contributed by atoms with Crippen LogP contribution in [-0.2, 0) is 6.54 Å². The molecule has 0 unspecified atom stereocenters. The summed E-state index contributed by atoms with van der Waals surface area (Å²) in [5, 5.41) is 3.61. The highest BCUT2D eigenvalue weighted by atomic mass is 19.1. The van der Waals surface area contributed by atoms with Gasteiger partial charge >= 0.3 is 6.03 Å². The molecular weight excluding hydrogens is 413 g/mol. The highest BCUT2D eigenvalue weighted by Gasteiger charge is 2.28. The van der Waals surface area contributed by atoms with Crippen LogP contribution in [0.15, 0.2) is 47.3 Å². The number of fused-ring (bicyclic) bond motifs is 1. The van der Waals surface area contributed by atoms with Gasteiger partial charge in [-0.25, -0.2) is 9.18 Å². The van der Waals surface area contributed by atoms with E-state index in [4.69, 9.17) is 9.47 Å². The number of H-pyrrole nitrogens is 1. The van der Waals surface area contributed by atoms with Gasteiger partial charge in [0.15, 0.2) is 11.5 Å². The van der Waals surface area contributed by atoms with Crippen LogP contribution in [0.4, 0.5) is 14.9 Å². The van der Waals surface area contributed by atoms with E-state index < -0.39 is 0 Å². The van der Waals surface area contributed by atoms with Gasteiger partial charge in [-0.2, -0.15) is 0 Å². The summed E-state index contributed by atoms with van der Waals surface area (Å²) in [5.41, 5.74) is 1.34. The smallest absolute Gasteiger partial charge is 0.322 e. The Bertz CT molecular complexity index is 1170. The van der Waals surface area contributed by atoms with Crippen LogP contribution in [0.1, 0.15) is 31.2 Å². The van der Waals surface area contributed by atoms with Gasteiger partial charge in [0, 0.05) is 28.7 Å². The first-order valence-electron chi connectivity index (χ1n) is 10.6. The van der Waals surface area contributed by atoms with Gasteiger partial charge in [-0.05, 0) is 49.2 Å². The summed E-state index contributed by atoms with van der Waals surface area (Å²) in [7, 11) is 3.09. The molecule has 0 radical (unpaired) electrons. The van der Waals surface area contributed by atoms with Crippen molar-refractivity contribution in [2.75, 3.05) is 19.5 Å². The molecule has 1 heterocycles. The molecule has 0 saturated heterocycles. The lowest BCUT2D eigenvalue weighted by Crippen LogP contribution is -2.42. The van der Waals surface area contributed by atoms with E-state index in [9.17, 15) is 14.0 Å². The Morgan fingerprint density at radius 3 is 2.41 bits per heavy atom. The van der Waals surface area contributed by atoms with Crippen molar-refractivity contribution in [3.8, 4) is 11.5 Å². The monoisotopic (exact) mass is 439 g/mol. The molecule has 1 aliphatic carbocycles. The van der Waals surface area contributed by atoms with Gasteiger partial charge in [0.25, 0.3) is 5.56 Å². The van der Waals surface area contributed by atoms with Crippen LogP contribution in [0.25, 0.3) is 10.9 Å². The van der Waals surface area contributed by atoms with Crippen LogP contribution in [0, 0.1) is 5.82 Å². The van der Waals surface area contributed by atoms with Gasteiger partial charge in [0.2, 0.25) is 0 Å². The first kappa shape index (κ1) is 21.7. The number of nitrogens with zero attached hydrogens (tertiary/aromatic N) is 1. The Morgan fingerprint density at radius 2 is 1.75 bits per heavy atom. The van der Waals surface area contributed by atoms with E-state index in [1.165, 1.54) is 31.4 Å². The predicted octanol–water partition coefficient (Wildman–Crippen LogP) is 4.66. The number of aromatic amines is 1. The molecule has 1 aliphatic rings. The summed E-state index contributed by atoms with van der Waals surface area (Å²) >= 11 is 0. The minimum Gasteiger partial charge on any atom is -0.493 e. The number of amides is 2. The van der Waals surface area contributed by atoms with Crippen LogP contribution >= 0.6 is 0 Å². The van der Waals surface area contributed by atoms with Crippen LogP contribution in [0.5, 0.6) is 11.5 Å². The molecule has 4 rings (SSSR count). The first-order chi connectivity index (χ1) is 15.5. The lowest BCUT2D eigenvalue weighted by atomic mass is 10.1. The zero-order valence-electron chi connectivity index (χ0n) is 18.1. The summed E-state index contributed by atoms with van der Waals surface area (Å²) in [5.74, 6) is 0.708. The van der Waals surface area contributed by atoms with E-state index in [2.05, 4.69) is 10.3 Å². The summed E-state index contributed by atoms with van der Waals surface area (Å²) in [6.07, 6.45) is 3.84. The number of carbonyl (C=O) groups is 1. The Morgan fingerprint density at radius 1 is 1.09 bits per heavy atom. The number of hydrogen-bond donors (Lipinski definition) is 2. The molecule has 1 saturated carbocycles. The average Bonchev–Trinajstić information content (AvgIpc) is 3.32. The number of carbonyl (C=O) groups excluding carboxylic acids is 1. The fourth-order valence-corrected chi connectivity index (χ4v) is 4.19. The van der Waals surface area contributed by atoms with E-state index in [1.807, 2.05) is 0 Å². The predicted molar refractivity (Wildman–Crippen MR) is 121 cm³/mol. The SMILES string of the molecule is COc1cc2cc(CN(C(=O)Nc3ccc(F)cc3)C3CCCC3)c(=O)[nH]c2cc1OC. The van der Waals surface area contributed by atoms with Gasteiger partial charge in [-0.3, -0.25) is 4.79 Å². The molecule has 7 nitrogen and oxygen atoms in total. The maximum Gasteiger partial charge on any atom is 0.322 e. The van der Waals surface area contributed by atoms with Gasteiger partial charge < -0.3 is 24.7 Å². The van der Waals surface area contributed by atoms with Crippen molar-refractivity contribution in [1.82, 2.24) is 9.88 Å². The Labute approximate surface area is 185 Å². The number of hydrogen-bond acceptors (Lipinski definition) is 4. The second kappa shape index (κ2) is 9.30. The number of urea groups is 1. The van der Waals surface area contributed by atoms with Crippen LogP contribution in [0.3, 0.4) is 0 Å². The summed E-state index contributed by atoms with van der Waals surface area (Å²) in [6.45, 7) is 0.164. The van der Waals surface area contributed by atoms with Crippen molar-refractivity contribution in [3.05, 3.63) is 64.2 Å². The largest absolute Gasteiger partial charge is 0.493 e. The van der Waals surface area contributed by atoms with Crippen LogP contribution in [0.2, 0.25) is 0 Å². The summed E-state index contributed by atoms with van der Waals surface area (Å²) in [6, 6.07) is 10.7. The van der Waals surface area contributed by atoms with Gasteiger partial charge in [0.1, 0.15) is 5.82 Å². The third-order valence-corrected chi connectivity index (χ3v) is 5.89. The number of nitrogens with one attached hydrogen (secondary N) is 2. The number of halogens is 1. The maximum absolute atomic E-state index is 13.2. The molecule has 2 amide bonds. The van der Waals surface area contributed by atoms with Crippen molar-refractivity contribution < 1.29 is 18.7 Å². The minimum atomic E-state index is -0.370. The average molecular weight is 439 g/mol. The number of methoxy groups -OCH3 is 2. The van der Waals surface area contributed by atoms with E-state index in [-0.39, 0.29) is 30.0 Å². The first-order valence-corrected chi connectivity index (χ1v) is 10.6. The highest BCUT2D eigenvalue weighted by Crippen LogP contribution is 2.31. The van der Waals surface area contributed by atoms with Crippen molar-refractivity contribution in [1.29, 1.82) is 0 Å². The van der Waals surface area contributed by atoms with Crippen LogP contribution < -0.4 is 20.3 Å². The van der Waals surface area contributed by atoms with Crippen molar-refractivity contribution in [2.24, 2.45) is 0 Å². The molecule has 2 N–H and O–H groups in total. The number of pyridine rings is 1. The molecule has 0 atom stereocenters. The molecule has 168 valence electrons. The molecule has 3 aromatic rings. The normalized spacial score (nSPS) is 13.8. The summed E-state index contributed by atoms with van der Waals surface area (Å²) < 4.78 is 23.9. The van der Waals surface area contributed by atoms with Crippen molar-refractivity contribution in [2.45, 2.75) is 38.3 Å². The van der Waals surface area contributed by atoms with Gasteiger partial charge in [-0.1, -0.05) is 12.8 Å². The lowest BCUT2D eigenvalue weighted by molar-refractivity contribution is 0.184. The number of rotatable bonds is 6. The zero-order valence-corrected chi connectivity index (χ0v) is 18.1. The number of aromatic nitrogens is 1. The highest BCUT2D eigenvalue weighted by molar-refractivity contribution is 5.89. The molecule has 0 bridgehead atoms. The molecule has 8 heteroatoms. The number of anilines is 1. The topological polar surface area (TPSA) is 83.7 Å². The molecular formula is C24H26FN3O4. The number of ether oxygens (including phenoxy) is 2. The van der Waals surface area contributed by atoms with Gasteiger partial charge in [0.05, 0.1) is 26.3 Å². The Kier molecular flexibility index (Phi) is 6.30. The van der Waals surface area contributed by atoms with Gasteiger partial charge in [-0.15, -0.1) is 0 Å². The third kappa shape index (κ3) is 4.54. The van der Waals surface area contributed by atoms with E-state index >= 15 is 0 Å². The Hall–Kier alpha value is -3.55. The van der Waals surface area contributed by atoms with E-state index in [0.29, 0.717) is 28.3 Å². The second-order valence-electron chi connectivity index (χ2n) is 7.92. The second-order valence-corrected chi connectivity index (χ2v) is 7.92. The van der Waals surface area contributed by atoms with Crippen molar-refractivity contribution in [3.63, 3.8) is 0 Å². The van der Waals surface area contributed by atoms with E-state index in [0.717, 1.165) is 31.1 Å².